The molecule has 0 aliphatic carbocycles. The van der Waals surface area contributed by atoms with Crippen LogP contribution in [0.1, 0.15) is 5.89 Å². The minimum Gasteiger partial charge on any atom is -0.385 e. The highest BCUT2D eigenvalue weighted by molar-refractivity contribution is 5.47. The Morgan fingerprint density at radius 2 is 1.95 bits per heavy atom. The number of anilines is 1. The van der Waals surface area contributed by atoms with Gasteiger partial charge in [-0.25, -0.2) is 9.37 Å². The molecule has 6 heteroatoms. The summed E-state index contributed by atoms with van der Waals surface area (Å²) in [5.74, 6) is 0.485. The summed E-state index contributed by atoms with van der Waals surface area (Å²) >= 11 is 0. The van der Waals surface area contributed by atoms with Crippen LogP contribution in [0.3, 0.4) is 0 Å². The molecule has 0 bridgehead atoms. The standard InChI is InChI=1S/C15H13FN4O/c16-11-6-7-13(18-10-11)15-19-14(21-20-15)8-9-17-12-4-2-1-3-5-12/h1-7,10,17H,8-9H2. The number of nitrogens with one attached hydrogen (secondary N) is 1. The topological polar surface area (TPSA) is 63.8 Å². The largest absolute Gasteiger partial charge is 0.385 e. The molecule has 3 rings (SSSR count). The van der Waals surface area contributed by atoms with Crippen LogP contribution < -0.4 is 5.32 Å². The van der Waals surface area contributed by atoms with Crippen molar-refractivity contribution in [3.63, 3.8) is 0 Å². The van der Waals surface area contributed by atoms with Crippen molar-refractivity contribution >= 4 is 5.69 Å². The fourth-order valence-electron chi connectivity index (χ4n) is 1.84. The van der Waals surface area contributed by atoms with Crippen LogP contribution in [0.4, 0.5) is 10.1 Å². The lowest BCUT2D eigenvalue weighted by Crippen LogP contribution is -2.04. The van der Waals surface area contributed by atoms with Gasteiger partial charge >= 0.3 is 0 Å². The first-order valence-electron chi connectivity index (χ1n) is 6.55. The van der Waals surface area contributed by atoms with Crippen LogP contribution in [0.15, 0.2) is 53.2 Å². The first-order chi connectivity index (χ1) is 10.3. The third-order valence-electron chi connectivity index (χ3n) is 2.87. The van der Waals surface area contributed by atoms with E-state index in [1.54, 1.807) is 0 Å². The Hall–Kier alpha value is -2.76. The minimum atomic E-state index is -0.394. The van der Waals surface area contributed by atoms with Gasteiger partial charge in [-0.3, -0.25) is 0 Å². The molecule has 0 amide bonds. The van der Waals surface area contributed by atoms with E-state index in [1.807, 2.05) is 30.3 Å². The molecule has 2 heterocycles. The predicted molar refractivity (Wildman–Crippen MR) is 76.1 cm³/mol. The molecule has 0 spiro atoms. The Kier molecular flexibility index (Phi) is 3.86. The van der Waals surface area contributed by atoms with E-state index < -0.39 is 5.82 Å². The van der Waals surface area contributed by atoms with E-state index in [9.17, 15) is 4.39 Å². The molecular formula is C15H13FN4O. The van der Waals surface area contributed by atoms with Gasteiger partial charge in [0.15, 0.2) is 0 Å². The zero-order valence-corrected chi connectivity index (χ0v) is 11.2. The zero-order valence-electron chi connectivity index (χ0n) is 11.2. The van der Waals surface area contributed by atoms with Crippen molar-refractivity contribution in [3.8, 4) is 11.5 Å². The molecule has 2 aromatic heterocycles. The molecule has 0 saturated heterocycles. The SMILES string of the molecule is Fc1ccc(-c2noc(CCNc3ccccc3)n2)nc1. The van der Waals surface area contributed by atoms with Crippen LogP contribution in [0.25, 0.3) is 11.5 Å². The van der Waals surface area contributed by atoms with Gasteiger partial charge in [-0.15, -0.1) is 0 Å². The molecule has 0 fully saturated rings. The molecule has 1 N–H and O–H groups in total. The van der Waals surface area contributed by atoms with Crippen LogP contribution in [0.5, 0.6) is 0 Å². The average molecular weight is 284 g/mol. The van der Waals surface area contributed by atoms with Crippen molar-refractivity contribution in [2.24, 2.45) is 0 Å². The van der Waals surface area contributed by atoms with E-state index in [0.29, 0.717) is 30.4 Å². The molecule has 106 valence electrons. The summed E-state index contributed by atoms with van der Waals surface area (Å²) < 4.78 is 18.0. The monoisotopic (exact) mass is 284 g/mol. The van der Waals surface area contributed by atoms with Gasteiger partial charge in [0.2, 0.25) is 11.7 Å². The number of pyridine rings is 1. The molecule has 21 heavy (non-hydrogen) atoms. The van der Waals surface area contributed by atoms with Gasteiger partial charge < -0.3 is 9.84 Å². The first kappa shape index (κ1) is 13.2. The van der Waals surface area contributed by atoms with E-state index in [0.717, 1.165) is 11.9 Å². The maximum Gasteiger partial charge on any atom is 0.228 e. The Morgan fingerprint density at radius 1 is 1.10 bits per heavy atom. The second-order valence-electron chi connectivity index (χ2n) is 4.42. The lowest BCUT2D eigenvalue weighted by molar-refractivity contribution is 0.381. The number of para-hydroxylation sites is 1. The van der Waals surface area contributed by atoms with Crippen LogP contribution in [0, 0.1) is 5.82 Å². The Bertz CT molecular complexity index is 697. The fourth-order valence-corrected chi connectivity index (χ4v) is 1.84. The van der Waals surface area contributed by atoms with Crippen molar-refractivity contribution in [2.75, 3.05) is 11.9 Å². The Morgan fingerprint density at radius 3 is 2.71 bits per heavy atom. The van der Waals surface area contributed by atoms with Crippen molar-refractivity contribution < 1.29 is 8.91 Å². The molecule has 0 unspecified atom stereocenters. The highest BCUT2D eigenvalue weighted by Crippen LogP contribution is 2.13. The summed E-state index contributed by atoms with van der Waals surface area (Å²) in [7, 11) is 0. The number of hydrogen-bond donors (Lipinski definition) is 1. The summed E-state index contributed by atoms with van der Waals surface area (Å²) in [6.07, 6.45) is 1.73. The van der Waals surface area contributed by atoms with E-state index in [-0.39, 0.29) is 0 Å². The second-order valence-corrected chi connectivity index (χ2v) is 4.42. The van der Waals surface area contributed by atoms with Crippen LogP contribution >= 0.6 is 0 Å². The number of nitrogens with zero attached hydrogens (tertiary/aromatic N) is 3. The highest BCUT2D eigenvalue weighted by Gasteiger charge is 2.09. The van der Waals surface area contributed by atoms with E-state index in [4.69, 9.17) is 4.52 Å². The van der Waals surface area contributed by atoms with Crippen molar-refractivity contribution in [1.29, 1.82) is 0 Å². The average Bonchev–Trinajstić information content (AvgIpc) is 2.98. The number of halogens is 1. The number of benzene rings is 1. The minimum absolute atomic E-state index is 0.365. The van der Waals surface area contributed by atoms with Crippen LogP contribution in [0.2, 0.25) is 0 Å². The molecule has 0 radical (unpaired) electrons. The molecule has 0 aliphatic rings. The summed E-state index contributed by atoms with van der Waals surface area (Å²) in [6, 6.07) is 12.7. The third-order valence-corrected chi connectivity index (χ3v) is 2.87. The molecule has 0 aliphatic heterocycles. The quantitative estimate of drug-likeness (QED) is 0.780. The molecule has 0 saturated carbocycles. The zero-order chi connectivity index (χ0) is 14.5. The van der Waals surface area contributed by atoms with Gasteiger partial charge in [0.1, 0.15) is 11.5 Å². The van der Waals surface area contributed by atoms with Crippen LogP contribution in [-0.4, -0.2) is 21.7 Å². The molecule has 0 atom stereocenters. The maximum atomic E-state index is 12.8. The summed E-state index contributed by atoms with van der Waals surface area (Å²) in [5.41, 5.74) is 1.53. The fraction of sp³-hybridized carbons (Fsp3) is 0.133. The predicted octanol–water partition coefficient (Wildman–Crippen LogP) is 2.93. The molecular weight excluding hydrogens is 271 g/mol. The summed E-state index contributed by atoms with van der Waals surface area (Å²) in [4.78, 5) is 8.15. The van der Waals surface area contributed by atoms with Crippen LogP contribution in [-0.2, 0) is 6.42 Å². The number of hydrogen-bond acceptors (Lipinski definition) is 5. The summed E-state index contributed by atoms with van der Waals surface area (Å²) in [5, 5.41) is 7.10. The molecule has 1 aromatic carbocycles. The van der Waals surface area contributed by atoms with Crippen molar-refractivity contribution in [1.82, 2.24) is 15.1 Å². The third kappa shape index (κ3) is 3.42. The Balaban J connectivity index is 1.59. The second kappa shape index (κ2) is 6.13. The van der Waals surface area contributed by atoms with Gasteiger partial charge in [0.25, 0.3) is 0 Å². The maximum absolute atomic E-state index is 12.8. The van der Waals surface area contributed by atoms with Gasteiger partial charge in [-0.1, -0.05) is 23.4 Å². The molecule has 3 aromatic rings. The lowest BCUT2D eigenvalue weighted by Gasteiger charge is -2.02. The van der Waals surface area contributed by atoms with E-state index >= 15 is 0 Å². The lowest BCUT2D eigenvalue weighted by atomic mass is 10.3. The Labute approximate surface area is 120 Å². The summed E-state index contributed by atoms with van der Waals surface area (Å²) in [6.45, 7) is 0.683. The van der Waals surface area contributed by atoms with Gasteiger partial charge in [0.05, 0.1) is 6.20 Å². The van der Waals surface area contributed by atoms with Crippen molar-refractivity contribution in [3.05, 3.63) is 60.4 Å². The van der Waals surface area contributed by atoms with Gasteiger partial charge in [-0.2, -0.15) is 4.98 Å². The smallest absolute Gasteiger partial charge is 0.228 e. The van der Waals surface area contributed by atoms with Gasteiger partial charge in [-0.05, 0) is 24.3 Å². The number of rotatable bonds is 5. The van der Waals surface area contributed by atoms with Crippen molar-refractivity contribution in [2.45, 2.75) is 6.42 Å². The highest BCUT2D eigenvalue weighted by atomic mass is 19.1. The van der Waals surface area contributed by atoms with E-state index in [1.165, 1.54) is 12.1 Å². The van der Waals surface area contributed by atoms with E-state index in [2.05, 4.69) is 20.4 Å². The molecule has 5 nitrogen and oxygen atoms in total. The number of aromatic nitrogens is 3. The van der Waals surface area contributed by atoms with Gasteiger partial charge in [0, 0.05) is 18.7 Å². The normalized spacial score (nSPS) is 10.5. The first-order valence-corrected chi connectivity index (χ1v) is 6.55.